The molecule has 4 heteroatoms. The van der Waals surface area contributed by atoms with E-state index in [-0.39, 0.29) is 0 Å². The van der Waals surface area contributed by atoms with Crippen molar-refractivity contribution in [2.75, 3.05) is 9.80 Å². The van der Waals surface area contributed by atoms with Gasteiger partial charge in [0, 0.05) is 43.7 Å². The van der Waals surface area contributed by atoms with Crippen LogP contribution in [0.1, 0.15) is 94.6 Å². The zero-order valence-electron chi connectivity index (χ0n) is 46.2. The first-order valence-corrected chi connectivity index (χ1v) is 29.6. The quantitative estimate of drug-likeness (QED) is 0.128. The van der Waals surface area contributed by atoms with Gasteiger partial charge in [0.1, 0.15) is 11.2 Å². The number of para-hydroxylation sites is 4. The topological polar surface area (TPSA) is 32.8 Å². The number of nitrogens with zero attached hydrogens (tertiary/aromatic N) is 2. The lowest BCUT2D eigenvalue weighted by Gasteiger charge is -2.29. The highest BCUT2D eigenvalue weighted by atomic mass is 16.3. The van der Waals surface area contributed by atoms with E-state index in [1.165, 1.54) is 134 Å². The highest BCUT2D eigenvalue weighted by Gasteiger charge is 2.29. The number of rotatable bonds is 10. The minimum absolute atomic E-state index is 0.521. The molecule has 2 aliphatic rings. The van der Waals surface area contributed by atoms with Gasteiger partial charge >= 0.3 is 0 Å². The summed E-state index contributed by atoms with van der Waals surface area (Å²) < 4.78 is 14.5. The Bertz CT molecular complexity index is 4290. The van der Waals surface area contributed by atoms with Gasteiger partial charge in [-0.3, -0.25) is 0 Å². The van der Waals surface area contributed by atoms with Crippen molar-refractivity contribution in [3.63, 3.8) is 0 Å². The standard InChI is InChI=1S/C74H56N2O2.C3H8/c1-3-15-47(16-4-1)49-31-39-55(40-32-49)75(67-29-13-27-61-59-25-11-23-57(51-19-7-8-20-51)71(59)77-73(61)67)65-45-37-53-36-44-64-66(46-38-54-35-43-63(65)69(53)70(54)64)76(56-41-33-50(34-42-56)48-17-5-2-6-18-48)68-30-14-28-62-60-26-12-24-58(52-21-9-10-22-52)72(60)78-74(62)68;1-3-2/h1-6,11-18,23-46,51-52H,7-10,19-22H2;3H2,1-2H3. The van der Waals surface area contributed by atoms with Crippen LogP contribution in [0.4, 0.5) is 34.1 Å². The van der Waals surface area contributed by atoms with Gasteiger partial charge in [0.05, 0.1) is 22.7 Å². The average Bonchev–Trinajstić information content (AvgIpc) is 4.43. The van der Waals surface area contributed by atoms with Crippen molar-refractivity contribution >= 4 is 110 Å². The van der Waals surface area contributed by atoms with Gasteiger partial charge in [-0.25, -0.2) is 0 Å². The van der Waals surface area contributed by atoms with Crippen molar-refractivity contribution in [2.45, 2.75) is 83.5 Å². The Hall–Kier alpha value is -9.12. The van der Waals surface area contributed by atoms with Gasteiger partial charge in [0.2, 0.25) is 0 Å². The van der Waals surface area contributed by atoms with Crippen LogP contribution in [0.3, 0.4) is 0 Å². The maximum Gasteiger partial charge on any atom is 0.159 e. The van der Waals surface area contributed by atoms with E-state index in [0.717, 1.165) is 67.2 Å². The molecular weight excluding hydrogens is 985 g/mol. The first-order chi connectivity index (χ1) is 40.1. The molecule has 0 atom stereocenters. The van der Waals surface area contributed by atoms with E-state index in [0.29, 0.717) is 11.8 Å². The second-order valence-electron chi connectivity index (χ2n) is 22.7. The Kier molecular flexibility index (Phi) is 12.4. The SMILES string of the molecule is CCC.c1ccc(-c2ccc(N(c3ccc4ccc5c(N(c6ccc(-c7ccccc7)cc6)c6cccc7c6oc6c(C8CCCC8)cccc67)ccc6ccc3c4c65)c3cccc4c3oc3c(C5CCCC5)cccc34)cc2)cc1. The van der Waals surface area contributed by atoms with E-state index < -0.39 is 0 Å². The number of anilines is 6. The Morgan fingerprint density at radius 3 is 1.05 bits per heavy atom. The summed E-state index contributed by atoms with van der Waals surface area (Å²) in [5.74, 6) is 1.04. The van der Waals surface area contributed by atoms with Gasteiger partial charge < -0.3 is 18.6 Å². The van der Waals surface area contributed by atoms with Crippen LogP contribution in [0.15, 0.2) is 239 Å². The summed E-state index contributed by atoms with van der Waals surface area (Å²) in [7, 11) is 0. The van der Waals surface area contributed by atoms with Crippen molar-refractivity contribution < 1.29 is 8.83 Å². The predicted octanol–water partition coefficient (Wildman–Crippen LogP) is 23.4. The molecule has 0 amide bonds. The lowest BCUT2D eigenvalue weighted by atomic mass is 9.91. The molecule has 394 valence electrons. The first kappa shape index (κ1) is 49.0. The van der Waals surface area contributed by atoms with Crippen molar-refractivity contribution in [2.24, 2.45) is 0 Å². The number of hydrogen-bond donors (Lipinski definition) is 0. The summed E-state index contributed by atoms with van der Waals surface area (Å²) in [5.41, 5.74) is 17.7. The highest BCUT2D eigenvalue weighted by Crippen LogP contribution is 2.52. The van der Waals surface area contributed by atoms with E-state index in [9.17, 15) is 0 Å². The minimum Gasteiger partial charge on any atom is -0.454 e. The van der Waals surface area contributed by atoms with Gasteiger partial charge in [0.25, 0.3) is 0 Å². The molecule has 2 aromatic heterocycles. The van der Waals surface area contributed by atoms with Crippen LogP contribution in [0, 0.1) is 0 Å². The second kappa shape index (κ2) is 20.5. The molecule has 0 radical (unpaired) electrons. The largest absolute Gasteiger partial charge is 0.454 e. The molecule has 0 unspecified atom stereocenters. The molecule has 0 spiro atoms. The summed E-state index contributed by atoms with van der Waals surface area (Å²) in [6, 6.07) is 85.1. The predicted molar refractivity (Wildman–Crippen MR) is 343 cm³/mol. The van der Waals surface area contributed by atoms with Crippen LogP contribution in [0.25, 0.3) is 98.4 Å². The number of furan rings is 2. The normalized spacial score (nSPS) is 14.1. The molecule has 16 rings (SSSR count). The lowest BCUT2D eigenvalue weighted by Crippen LogP contribution is -2.12. The summed E-state index contributed by atoms with van der Waals surface area (Å²) in [6.07, 6.45) is 11.2. The van der Waals surface area contributed by atoms with Crippen LogP contribution < -0.4 is 9.80 Å². The molecular formula is C77H64N2O2. The van der Waals surface area contributed by atoms with Crippen LogP contribution in [0.5, 0.6) is 0 Å². The summed E-state index contributed by atoms with van der Waals surface area (Å²) in [4.78, 5) is 4.90. The van der Waals surface area contributed by atoms with E-state index >= 15 is 0 Å². The fraction of sp³-hybridized carbons (Fsp3) is 0.169. The lowest BCUT2D eigenvalue weighted by molar-refractivity contribution is 0.643. The monoisotopic (exact) mass is 1050 g/mol. The highest BCUT2D eigenvalue weighted by molar-refractivity contribution is 6.29. The summed E-state index contributed by atoms with van der Waals surface area (Å²) in [6.45, 7) is 4.25. The van der Waals surface area contributed by atoms with Crippen molar-refractivity contribution in [3.8, 4) is 22.3 Å². The van der Waals surface area contributed by atoms with Gasteiger partial charge in [-0.05, 0) is 141 Å². The minimum atomic E-state index is 0.521. The Balaban J connectivity index is 0.00000184. The fourth-order valence-electron chi connectivity index (χ4n) is 14.0. The number of fused-ring (bicyclic) bond motifs is 6. The Morgan fingerprint density at radius 1 is 0.309 bits per heavy atom. The zero-order chi connectivity index (χ0) is 54.0. The second-order valence-corrected chi connectivity index (χ2v) is 22.7. The molecule has 0 bridgehead atoms. The fourth-order valence-corrected chi connectivity index (χ4v) is 14.0. The molecule has 0 aliphatic heterocycles. The molecule has 0 N–H and O–H groups in total. The van der Waals surface area contributed by atoms with Crippen molar-refractivity contribution in [1.29, 1.82) is 0 Å². The van der Waals surface area contributed by atoms with E-state index in [1.54, 1.807) is 0 Å². The van der Waals surface area contributed by atoms with Crippen LogP contribution >= 0.6 is 0 Å². The summed E-state index contributed by atoms with van der Waals surface area (Å²) >= 11 is 0. The molecule has 81 heavy (non-hydrogen) atoms. The molecule has 14 aromatic rings. The molecule has 12 aromatic carbocycles. The Morgan fingerprint density at radius 2 is 0.654 bits per heavy atom. The molecule has 2 heterocycles. The third-order valence-electron chi connectivity index (χ3n) is 17.7. The maximum atomic E-state index is 7.25. The molecule has 2 saturated carbocycles. The van der Waals surface area contributed by atoms with Crippen molar-refractivity contribution in [3.05, 3.63) is 242 Å². The molecule has 2 fully saturated rings. The maximum absolute atomic E-state index is 7.25. The van der Waals surface area contributed by atoms with E-state index in [2.05, 4.69) is 254 Å². The van der Waals surface area contributed by atoms with Gasteiger partial charge in [-0.2, -0.15) is 0 Å². The van der Waals surface area contributed by atoms with E-state index in [4.69, 9.17) is 8.83 Å². The van der Waals surface area contributed by atoms with Gasteiger partial charge in [-0.15, -0.1) is 0 Å². The molecule has 2 aliphatic carbocycles. The third kappa shape index (κ3) is 8.33. The number of benzene rings is 12. The molecule has 4 nitrogen and oxygen atoms in total. The van der Waals surface area contributed by atoms with E-state index in [1.807, 2.05) is 0 Å². The smallest absolute Gasteiger partial charge is 0.159 e. The van der Waals surface area contributed by atoms with Gasteiger partial charge in [0.15, 0.2) is 11.2 Å². The Labute approximate surface area is 473 Å². The number of hydrogen-bond acceptors (Lipinski definition) is 4. The van der Waals surface area contributed by atoms with Crippen LogP contribution in [-0.4, -0.2) is 0 Å². The van der Waals surface area contributed by atoms with Crippen LogP contribution in [-0.2, 0) is 0 Å². The molecule has 0 saturated heterocycles. The van der Waals surface area contributed by atoms with Gasteiger partial charge in [-0.1, -0.05) is 228 Å². The average molecular weight is 1050 g/mol. The van der Waals surface area contributed by atoms with Crippen molar-refractivity contribution in [1.82, 2.24) is 0 Å². The third-order valence-corrected chi connectivity index (χ3v) is 17.7. The summed E-state index contributed by atoms with van der Waals surface area (Å²) in [5, 5.41) is 11.9. The zero-order valence-corrected chi connectivity index (χ0v) is 46.2. The van der Waals surface area contributed by atoms with Crippen LogP contribution in [0.2, 0.25) is 0 Å². The first-order valence-electron chi connectivity index (χ1n) is 29.6.